The topological polar surface area (TPSA) is 84.8 Å². The molecule has 1 unspecified atom stereocenters. The highest BCUT2D eigenvalue weighted by Crippen LogP contribution is 2.09. The normalized spacial score (nSPS) is 12.4. The van der Waals surface area contributed by atoms with E-state index in [0.29, 0.717) is 79.3 Å². The van der Waals surface area contributed by atoms with Crippen molar-refractivity contribution in [3.63, 3.8) is 0 Å². The second-order valence-electron chi connectivity index (χ2n) is 8.37. The summed E-state index contributed by atoms with van der Waals surface area (Å²) in [4.78, 5) is 0. The summed E-state index contributed by atoms with van der Waals surface area (Å²) in [5.74, 6) is 0. The maximum atomic E-state index is 8.56. The zero-order valence-corrected chi connectivity index (χ0v) is 22.1. The molecule has 1 N–H and O–H groups in total. The summed E-state index contributed by atoms with van der Waals surface area (Å²) in [6.07, 6.45) is 12.1. The molecular weight excluding hydrogens is 440 g/mol. The van der Waals surface area contributed by atoms with Gasteiger partial charge in [0.1, 0.15) is 0 Å². The number of ether oxygens (including phenoxy) is 7. The minimum Gasteiger partial charge on any atom is -0.394 e. The summed E-state index contributed by atoms with van der Waals surface area (Å²) in [6.45, 7) is 11.5. The lowest BCUT2D eigenvalue weighted by Gasteiger charge is -2.13. The third kappa shape index (κ3) is 29.7. The van der Waals surface area contributed by atoms with Crippen LogP contribution in [0, 0.1) is 0 Å². The van der Waals surface area contributed by atoms with E-state index in [1.54, 1.807) is 0 Å². The summed E-state index contributed by atoms with van der Waals surface area (Å²) in [5.41, 5.74) is 0. The van der Waals surface area contributed by atoms with Gasteiger partial charge in [-0.1, -0.05) is 58.3 Å². The molecule has 0 aromatic rings. The number of aliphatic hydroxyl groups is 1. The molecule has 0 aliphatic rings. The molecule has 8 nitrogen and oxygen atoms in total. The average molecular weight is 495 g/mol. The smallest absolute Gasteiger partial charge is 0.0781 e. The van der Waals surface area contributed by atoms with E-state index in [-0.39, 0.29) is 12.7 Å². The SMILES string of the molecule is CCCCCCCCCCCOCC(C)OCCOCCOCCOCCOCCOCCO. The van der Waals surface area contributed by atoms with E-state index in [4.69, 9.17) is 38.3 Å². The van der Waals surface area contributed by atoms with E-state index in [0.717, 1.165) is 13.0 Å². The number of hydrogen-bond acceptors (Lipinski definition) is 8. The van der Waals surface area contributed by atoms with Gasteiger partial charge in [-0.2, -0.15) is 0 Å². The predicted octanol–water partition coefficient (Wildman–Crippen LogP) is 4.01. The standard InChI is InChI=1S/C26H54O8/c1-3-4-5-6-7-8-9-10-11-13-33-25-26(2)34-24-23-32-22-21-31-20-19-30-18-17-29-16-15-28-14-12-27/h26-27H,3-25H2,1-2H3. The Balaban J connectivity index is 3.12. The molecule has 0 spiro atoms. The predicted molar refractivity (Wildman–Crippen MR) is 135 cm³/mol. The molecule has 0 aromatic carbocycles. The van der Waals surface area contributed by atoms with Crippen molar-refractivity contribution in [2.75, 3.05) is 92.5 Å². The van der Waals surface area contributed by atoms with E-state index in [1.165, 1.54) is 51.4 Å². The van der Waals surface area contributed by atoms with Crippen LogP contribution in [0.1, 0.15) is 71.6 Å². The molecule has 8 heteroatoms. The lowest BCUT2D eigenvalue weighted by atomic mass is 10.1. The lowest BCUT2D eigenvalue weighted by Crippen LogP contribution is -2.19. The van der Waals surface area contributed by atoms with Crippen molar-refractivity contribution in [2.45, 2.75) is 77.7 Å². The molecule has 0 saturated carbocycles. The zero-order chi connectivity index (χ0) is 24.8. The first-order valence-corrected chi connectivity index (χ1v) is 13.5. The van der Waals surface area contributed by atoms with Gasteiger partial charge in [-0.3, -0.25) is 0 Å². The fraction of sp³-hybridized carbons (Fsp3) is 1.00. The molecule has 206 valence electrons. The van der Waals surface area contributed by atoms with Gasteiger partial charge in [0.25, 0.3) is 0 Å². The van der Waals surface area contributed by atoms with Crippen LogP contribution in [0.4, 0.5) is 0 Å². The molecule has 0 bridgehead atoms. The summed E-state index contributed by atoms with van der Waals surface area (Å²) in [7, 11) is 0. The molecule has 0 heterocycles. The van der Waals surface area contributed by atoms with Crippen LogP contribution >= 0.6 is 0 Å². The minimum atomic E-state index is 0.0378. The van der Waals surface area contributed by atoms with Gasteiger partial charge in [-0.25, -0.2) is 0 Å². The lowest BCUT2D eigenvalue weighted by molar-refractivity contribution is -0.0412. The monoisotopic (exact) mass is 494 g/mol. The Kier molecular flexibility index (Phi) is 30.4. The first-order valence-electron chi connectivity index (χ1n) is 13.5. The van der Waals surface area contributed by atoms with Gasteiger partial charge in [0.2, 0.25) is 0 Å². The van der Waals surface area contributed by atoms with Crippen molar-refractivity contribution in [3.05, 3.63) is 0 Å². The summed E-state index contributed by atoms with van der Waals surface area (Å²) in [6, 6.07) is 0. The molecular formula is C26H54O8. The van der Waals surface area contributed by atoms with Crippen molar-refractivity contribution in [1.29, 1.82) is 0 Å². The number of hydrogen-bond donors (Lipinski definition) is 1. The fourth-order valence-corrected chi connectivity index (χ4v) is 3.17. The van der Waals surface area contributed by atoms with E-state index in [2.05, 4.69) is 6.92 Å². The van der Waals surface area contributed by atoms with E-state index >= 15 is 0 Å². The van der Waals surface area contributed by atoms with Gasteiger partial charge >= 0.3 is 0 Å². The highest BCUT2D eigenvalue weighted by Gasteiger charge is 2.02. The van der Waals surface area contributed by atoms with Crippen LogP contribution in [0.15, 0.2) is 0 Å². The van der Waals surface area contributed by atoms with Gasteiger partial charge in [0.15, 0.2) is 0 Å². The molecule has 0 aromatic heterocycles. The van der Waals surface area contributed by atoms with Crippen molar-refractivity contribution in [1.82, 2.24) is 0 Å². The number of aliphatic hydroxyl groups excluding tert-OH is 1. The van der Waals surface area contributed by atoms with Crippen molar-refractivity contribution >= 4 is 0 Å². The van der Waals surface area contributed by atoms with Gasteiger partial charge in [0.05, 0.1) is 92.0 Å². The first-order chi connectivity index (χ1) is 16.8. The van der Waals surface area contributed by atoms with Gasteiger partial charge in [-0.15, -0.1) is 0 Å². The maximum Gasteiger partial charge on any atom is 0.0781 e. The Morgan fingerprint density at radius 3 is 1.35 bits per heavy atom. The van der Waals surface area contributed by atoms with Crippen LogP contribution < -0.4 is 0 Å². The van der Waals surface area contributed by atoms with Crippen molar-refractivity contribution in [2.24, 2.45) is 0 Å². The first kappa shape index (κ1) is 33.7. The Morgan fingerprint density at radius 1 is 0.471 bits per heavy atom. The van der Waals surface area contributed by atoms with E-state index in [9.17, 15) is 0 Å². The Bertz CT molecular complexity index is 360. The number of unbranched alkanes of at least 4 members (excludes halogenated alkanes) is 8. The minimum absolute atomic E-state index is 0.0378. The van der Waals surface area contributed by atoms with Gasteiger partial charge in [-0.05, 0) is 13.3 Å². The summed E-state index contributed by atoms with van der Waals surface area (Å²) >= 11 is 0. The van der Waals surface area contributed by atoms with Gasteiger partial charge in [0, 0.05) is 6.61 Å². The molecule has 0 aliphatic carbocycles. The third-order valence-corrected chi connectivity index (χ3v) is 5.10. The van der Waals surface area contributed by atoms with Crippen LogP contribution in [-0.2, 0) is 33.2 Å². The Labute approximate surface area is 208 Å². The maximum absolute atomic E-state index is 8.56. The zero-order valence-electron chi connectivity index (χ0n) is 22.1. The molecule has 0 saturated heterocycles. The van der Waals surface area contributed by atoms with E-state index in [1.807, 2.05) is 6.92 Å². The van der Waals surface area contributed by atoms with Crippen LogP contribution in [0.2, 0.25) is 0 Å². The second-order valence-corrected chi connectivity index (χ2v) is 8.37. The Hall–Kier alpha value is -0.320. The number of rotatable bonds is 30. The summed E-state index contributed by atoms with van der Waals surface area (Å²) in [5, 5.41) is 8.56. The molecule has 0 radical (unpaired) electrons. The van der Waals surface area contributed by atoms with Crippen molar-refractivity contribution < 1.29 is 38.3 Å². The fourth-order valence-electron chi connectivity index (χ4n) is 3.17. The molecule has 0 rings (SSSR count). The highest BCUT2D eigenvalue weighted by molar-refractivity contribution is 4.49. The molecule has 0 amide bonds. The van der Waals surface area contributed by atoms with Gasteiger partial charge < -0.3 is 38.3 Å². The second kappa shape index (κ2) is 30.7. The highest BCUT2D eigenvalue weighted by atomic mass is 16.6. The molecule has 0 aliphatic heterocycles. The van der Waals surface area contributed by atoms with Crippen LogP contribution in [0.3, 0.4) is 0 Å². The molecule has 34 heavy (non-hydrogen) atoms. The van der Waals surface area contributed by atoms with Crippen LogP contribution in [0.25, 0.3) is 0 Å². The quantitative estimate of drug-likeness (QED) is 0.150. The van der Waals surface area contributed by atoms with Crippen LogP contribution in [0.5, 0.6) is 0 Å². The molecule has 0 fully saturated rings. The largest absolute Gasteiger partial charge is 0.394 e. The van der Waals surface area contributed by atoms with Crippen LogP contribution in [-0.4, -0.2) is 104 Å². The molecule has 1 atom stereocenters. The van der Waals surface area contributed by atoms with Crippen molar-refractivity contribution in [3.8, 4) is 0 Å². The average Bonchev–Trinajstić information content (AvgIpc) is 2.84. The Morgan fingerprint density at radius 2 is 0.882 bits per heavy atom. The third-order valence-electron chi connectivity index (χ3n) is 5.10. The summed E-state index contributed by atoms with van der Waals surface area (Å²) < 4.78 is 38.2. The van der Waals surface area contributed by atoms with E-state index < -0.39 is 0 Å².